The van der Waals surface area contributed by atoms with Gasteiger partial charge < -0.3 is 16.0 Å². The van der Waals surface area contributed by atoms with E-state index < -0.39 is 0 Å². The smallest absolute Gasteiger partial charge is 0.246 e. The summed E-state index contributed by atoms with van der Waals surface area (Å²) < 4.78 is 0. The van der Waals surface area contributed by atoms with Crippen LogP contribution in [0.5, 0.6) is 0 Å². The number of nitrogen functional groups attached to an aromatic ring is 1. The Morgan fingerprint density at radius 2 is 2.00 bits per heavy atom. The maximum atomic E-state index is 12.8. The lowest BCUT2D eigenvalue weighted by atomic mass is 9.47. The Bertz CT molecular complexity index is 944. The second-order valence-corrected chi connectivity index (χ2v) is 11.2. The number of amides is 2. The van der Waals surface area contributed by atoms with Crippen molar-refractivity contribution in [2.24, 2.45) is 34.5 Å². The average molecular weight is 437 g/mol. The first-order chi connectivity index (χ1) is 15.2. The fraction of sp³-hybridized carbons (Fsp3) is 0.654. The van der Waals surface area contributed by atoms with Gasteiger partial charge >= 0.3 is 0 Å². The van der Waals surface area contributed by atoms with Crippen molar-refractivity contribution in [2.75, 3.05) is 18.1 Å². The Balaban J connectivity index is 1.31. The van der Waals surface area contributed by atoms with E-state index in [2.05, 4.69) is 30.2 Å². The molecule has 0 bridgehead atoms. The van der Waals surface area contributed by atoms with Gasteiger partial charge in [0.15, 0.2) is 0 Å². The molecule has 1 aliphatic heterocycles. The summed E-state index contributed by atoms with van der Waals surface area (Å²) in [7, 11) is 1.98. The Labute approximate surface area is 191 Å². The third-order valence-corrected chi connectivity index (χ3v) is 9.83. The van der Waals surface area contributed by atoms with Crippen molar-refractivity contribution in [3.05, 3.63) is 30.5 Å². The van der Waals surface area contributed by atoms with Crippen LogP contribution in [-0.4, -0.2) is 34.8 Å². The largest absolute Gasteiger partial charge is 0.384 e. The molecular weight excluding hydrogens is 400 g/mol. The molecule has 3 saturated carbocycles. The van der Waals surface area contributed by atoms with Gasteiger partial charge in [-0.15, -0.1) is 0 Å². The number of rotatable bonds is 3. The van der Waals surface area contributed by atoms with Crippen LogP contribution in [0.25, 0.3) is 0 Å². The lowest BCUT2D eigenvalue weighted by molar-refractivity contribution is -0.139. The summed E-state index contributed by atoms with van der Waals surface area (Å²) in [5, 5.41) is 3.01. The highest BCUT2D eigenvalue weighted by molar-refractivity contribution is 5.91. The molecule has 0 spiro atoms. The molecule has 1 aromatic rings. The Morgan fingerprint density at radius 3 is 2.75 bits per heavy atom. The summed E-state index contributed by atoms with van der Waals surface area (Å²) in [5.41, 5.74) is 6.66. The van der Waals surface area contributed by atoms with E-state index in [1.54, 1.807) is 18.3 Å². The van der Waals surface area contributed by atoms with Crippen LogP contribution in [0.3, 0.4) is 0 Å². The second-order valence-electron chi connectivity index (χ2n) is 11.2. The van der Waals surface area contributed by atoms with Crippen LogP contribution in [0.2, 0.25) is 0 Å². The van der Waals surface area contributed by atoms with E-state index in [1.807, 2.05) is 18.0 Å². The minimum Gasteiger partial charge on any atom is -0.384 e. The number of carbonyl (C=O) groups is 2. The molecule has 2 heterocycles. The van der Waals surface area contributed by atoms with Crippen LogP contribution in [-0.2, 0) is 9.59 Å². The van der Waals surface area contributed by atoms with Crippen molar-refractivity contribution in [2.45, 2.75) is 64.8 Å². The van der Waals surface area contributed by atoms with Crippen LogP contribution < -0.4 is 11.1 Å². The molecule has 6 nitrogen and oxygen atoms in total. The van der Waals surface area contributed by atoms with E-state index in [-0.39, 0.29) is 22.6 Å². The van der Waals surface area contributed by atoms with Crippen molar-refractivity contribution >= 4 is 23.3 Å². The number of anilines is 2. The molecule has 1 aromatic heterocycles. The molecule has 3 N–H and O–H groups in total. The summed E-state index contributed by atoms with van der Waals surface area (Å²) >= 11 is 0. The molecule has 2 amide bonds. The third kappa shape index (κ3) is 3.25. The van der Waals surface area contributed by atoms with Gasteiger partial charge in [-0.3, -0.25) is 9.59 Å². The van der Waals surface area contributed by atoms with Crippen molar-refractivity contribution in [3.63, 3.8) is 0 Å². The fourth-order valence-corrected chi connectivity index (χ4v) is 8.10. The Kier molecular flexibility index (Phi) is 5.10. The van der Waals surface area contributed by atoms with Gasteiger partial charge in [0.25, 0.3) is 0 Å². The summed E-state index contributed by atoms with van der Waals surface area (Å²) in [6, 6.07) is 3.84. The van der Waals surface area contributed by atoms with Gasteiger partial charge in [-0.05, 0) is 85.8 Å². The molecule has 3 fully saturated rings. The highest BCUT2D eigenvalue weighted by atomic mass is 16.2. The Morgan fingerprint density at radius 1 is 1.19 bits per heavy atom. The van der Waals surface area contributed by atoms with Crippen molar-refractivity contribution in [1.82, 2.24) is 9.88 Å². The van der Waals surface area contributed by atoms with Crippen LogP contribution in [0.1, 0.15) is 58.8 Å². The second kappa shape index (κ2) is 7.60. The minimum atomic E-state index is 0.0739. The van der Waals surface area contributed by atoms with Crippen LogP contribution in [0, 0.1) is 34.5 Å². The lowest BCUT2D eigenvalue weighted by Crippen LogP contribution is -2.59. The summed E-state index contributed by atoms with van der Waals surface area (Å²) in [6.45, 7) is 4.83. The first-order valence-corrected chi connectivity index (χ1v) is 12.2. The molecule has 5 rings (SSSR count). The number of nitrogens with zero attached hydrogens (tertiary/aromatic N) is 2. The molecule has 0 aromatic carbocycles. The monoisotopic (exact) mass is 436 g/mol. The quantitative estimate of drug-likeness (QED) is 0.741. The predicted octanol–water partition coefficient (Wildman–Crippen LogP) is 4.25. The van der Waals surface area contributed by atoms with E-state index in [0.29, 0.717) is 47.6 Å². The first-order valence-electron chi connectivity index (χ1n) is 12.2. The van der Waals surface area contributed by atoms with Gasteiger partial charge in [0.05, 0.1) is 11.9 Å². The zero-order chi connectivity index (χ0) is 22.7. The maximum absolute atomic E-state index is 12.8. The maximum Gasteiger partial charge on any atom is 0.246 e. The highest BCUT2D eigenvalue weighted by Crippen LogP contribution is 2.65. The van der Waals surface area contributed by atoms with Crippen LogP contribution in [0.4, 0.5) is 11.5 Å². The Hall–Kier alpha value is -2.37. The summed E-state index contributed by atoms with van der Waals surface area (Å²) in [4.78, 5) is 31.2. The van der Waals surface area contributed by atoms with Crippen LogP contribution >= 0.6 is 0 Å². The number of aromatic nitrogens is 1. The van der Waals surface area contributed by atoms with Gasteiger partial charge in [0, 0.05) is 24.9 Å². The van der Waals surface area contributed by atoms with Crippen molar-refractivity contribution in [1.29, 1.82) is 0 Å². The fourth-order valence-electron chi connectivity index (χ4n) is 8.10. The van der Waals surface area contributed by atoms with Crippen LogP contribution in [0.15, 0.2) is 30.5 Å². The topological polar surface area (TPSA) is 88.3 Å². The lowest BCUT2D eigenvalue weighted by Gasteiger charge is -2.60. The van der Waals surface area contributed by atoms with E-state index in [1.165, 1.54) is 25.7 Å². The number of pyridine rings is 1. The SMILES string of the molecule is CN1C(=O)C=C[C@]2(C)C3CC[C@@]4(C)C(CC[C@@H]4CC(=O)Nc4ccc(N)nc4)C3CCC12. The van der Waals surface area contributed by atoms with E-state index in [0.717, 1.165) is 12.8 Å². The number of hydrogen-bond donors (Lipinski definition) is 2. The van der Waals surface area contributed by atoms with Gasteiger partial charge in [-0.2, -0.15) is 0 Å². The van der Waals surface area contributed by atoms with Crippen molar-refractivity contribution < 1.29 is 9.59 Å². The molecule has 4 aliphatic rings. The normalized spacial score (nSPS) is 40.4. The van der Waals surface area contributed by atoms with Gasteiger partial charge in [-0.1, -0.05) is 19.9 Å². The van der Waals surface area contributed by atoms with E-state index in [9.17, 15) is 9.59 Å². The molecule has 172 valence electrons. The number of nitrogens with one attached hydrogen (secondary N) is 1. The van der Waals surface area contributed by atoms with Crippen molar-refractivity contribution in [3.8, 4) is 0 Å². The molecule has 0 saturated heterocycles. The van der Waals surface area contributed by atoms with E-state index >= 15 is 0 Å². The zero-order valence-electron chi connectivity index (χ0n) is 19.5. The van der Waals surface area contributed by atoms with Gasteiger partial charge in [0.2, 0.25) is 11.8 Å². The minimum absolute atomic E-state index is 0.0739. The number of fused-ring (bicyclic) bond motifs is 5. The average Bonchev–Trinajstić information content (AvgIpc) is 3.09. The number of nitrogens with two attached hydrogens (primary N) is 1. The standard InChI is InChI=1S/C26H36N4O2/c1-25-12-10-20-18(6-8-21-26(20,2)13-11-24(32)30(21)3)19(25)7-4-16(25)14-23(31)29-17-5-9-22(27)28-15-17/h5,9,11,13,15-16,18-21H,4,6-8,10,12,14H2,1-3H3,(H2,27,28)(H,29,31)/t16-,18?,19?,20?,21?,25-,26-/m1/s1. The zero-order valence-corrected chi connectivity index (χ0v) is 19.5. The summed E-state index contributed by atoms with van der Waals surface area (Å²) in [6.07, 6.45) is 13.2. The van der Waals surface area contributed by atoms with Gasteiger partial charge in [0.1, 0.15) is 5.82 Å². The molecule has 0 radical (unpaired) electrons. The predicted molar refractivity (Wildman–Crippen MR) is 125 cm³/mol. The number of likely N-dealkylation sites (N-methyl/N-ethyl adjacent to an activating group) is 1. The number of hydrogen-bond acceptors (Lipinski definition) is 4. The third-order valence-electron chi connectivity index (χ3n) is 9.83. The first kappa shape index (κ1) is 21.5. The molecule has 7 atom stereocenters. The number of carbonyl (C=O) groups excluding carboxylic acids is 2. The molecule has 4 unspecified atom stereocenters. The summed E-state index contributed by atoms with van der Waals surface area (Å²) in [5.74, 6) is 3.09. The molecular formula is C26H36N4O2. The highest BCUT2D eigenvalue weighted by Gasteiger charge is 2.60. The van der Waals surface area contributed by atoms with E-state index in [4.69, 9.17) is 5.73 Å². The van der Waals surface area contributed by atoms with Gasteiger partial charge in [-0.25, -0.2) is 4.98 Å². The molecule has 32 heavy (non-hydrogen) atoms. The molecule has 6 heteroatoms. The molecule has 3 aliphatic carbocycles.